The summed E-state index contributed by atoms with van der Waals surface area (Å²) in [7, 11) is 0. The van der Waals surface area contributed by atoms with Crippen molar-refractivity contribution in [2.45, 2.75) is 19.9 Å². The molecule has 3 N–H and O–H groups in total. The van der Waals surface area contributed by atoms with Gasteiger partial charge in [-0.2, -0.15) is 4.98 Å². The third kappa shape index (κ3) is 2.80. The third-order valence-electron chi connectivity index (χ3n) is 3.26. The molecule has 0 amide bonds. The number of nitrogens with two attached hydrogens (primary N) is 1. The highest BCUT2D eigenvalue weighted by Crippen LogP contribution is 2.31. The fourth-order valence-electron chi connectivity index (χ4n) is 2.21. The summed E-state index contributed by atoms with van der Waals surface area (Å²) in [4.78, 5) is 10.6. The van der Waals surface area contributed by atoms with Gasteiger partial charge in [-0.25, -0.2) is 9.37 Å². The molecule has 2 heterocycles. The van der Waals surface area contributed by atoms with E-state index in [1.165, 1.54) is 12.1 Å². The first kappa shape index (κ1) is 13.8. The number of aromatic nitrogens is 2. The minimum absolute atomic E-state index is 0.0108. The monoisotopic (exact) mass is 302 g/mol. The minimum atomic E-state index is -0.243. The Morgan fingerprint density at radius 2 is 1.95 bits per heavy atom. The zero-order valence-electron chi connectivity index (χ0n) is 11.7. The van der Waals surface area contributed by atoms with Crippen molar-refractivity contribution >= 4 is 33.3 Å². The number of halogens is 1. The highest BCUT2D eigenvalue weighted by molar-refractivity contribution is 7.18. The number of thiophene rings is 1. The Labute approximate surface area is 125 Å². The average Bonchev–Trinajstić information content (AvgIpc) is 2.79. The van der Waals surface area contributed by atoms with Gasteiger partial charge in [0.25, 0.3) is 0 Å². The highest BCUT2D eigenvalue weighted by Gasteiger charge is 2.12. The van der Waals surface area contributed by atoms with Crippen LogP contribution in [0.25, 0.3) is 10.2 Å². The van der Waals surface area contributed by atoms with Crippen molar-refractivity contribution in [1.29, 1.82) is 0 Å². The van der Waals surface area contributed by atoms with Crippen LogP contribution in [0.4, 0.5) is 16.2 Å². The van der Waals surface area contributed by atoms with Crippen LogP contribution in [0.1, 0.15) is 23.4 Å². The van der Waals surface area contributed by atoms with Crippen molar-refractivity contribution in [2.75, 3.05) is 11.1 Å². The van der Waals surface area contributed by atoms with E-state index in [2.05, 4.69) is 15.3 Å². The van der Waals surface area contributed by atoms with E-state index in [9.17, 15) is 4.39 Å². The number of nitrogens with one attached hydrogen (secondary N) is 1. The molecular weight excluding hydrogens is 287 g/mol. The van der Waals surface area contributed by atoms with Crippen LogP contribution in [0.5, 0.6) is 0 Å². The lowest BCUT2D eigenvalue weighted by atomic mass is 10.1. The molecule has 0 bridgehead atoms. The average molecular weight is 302 g/mol. The Morgan fingerprint density at radius 1 is 1.24 bits per heavy atom. The molecule has 0 fully saturated rings. The number of benzene rings is 1. The summed E-state index contributed by atoms with van der Waals surface area (Å²) in [6, 6.07) is 8.45. The fraction of sp³-hybridized carbons (Fsp3) is 0.200. The molecule has 0 aliphatic carbocycles. The number of fused-ring (bicyclic) bond motifs is 1. The van der Waals surface area contributed by atoms with E-state index in [1.807, 2.05) is 19.9 Å². The molecular formula is C15H15FN4S. The third-order valence-corrected chi connectivity index (χ3v) is 4.20. The summed E-state index contributed by atoms with van der Waals surface area (Å²) in [5.74, 6) is 0.713. The topological polar surface area (TPSA) is 63.8 Å². The van der Waals surface area contributed by atoms with Crippen molar-refractivity contribution in [1.82, 2.24) is 9.97 Å². The number of anilines is 2. The lowest BCUT2D eigenvalue weighted by Gasteiger charge is -2.15. The fourth-order valence-corrected chi connectivity index (χ4v) is 3.09. The lowest BCUT2D eigenvalue weighted by Crippen LogP contribution is -2.09. The van der Waals surface area contributed by atoms with Crippen LogP contribution in [0.2, 0.25) is 0 Å². The van der Waals surface area contributed by atoms with Gasteiger partial charge in [-0.3, -0.25) is 0 Å². The maximum Gasteiger partial charge on any atom is 0.223 e. The van der Waals surface area contributed by atoms with Gasteiger partial charge in [0, 0.05) is 10.9 Å². The van der Waals surface area contributed by atoms with E-state index >= 15 is 0 Å². The summed E-state index contributed by atoms with van der Waals surface area (Å²) < 4.78 is 13.0. The van der Waals surface area contributed by atoms with Crippen LogP contribution in [0.3, 0.4) is 0 Å². The van der Waals surface area contributed by atoms with Crippen molar-refractivity contribution in [3.05, 3.63) is 46.6 Å². The van der Waals surface area contributed by atoms with E-state index in [-0.39, 0.29) is 17.8 Å². The molecule has 6 heteroatoms. The first-order valence-electron chi connectivity index (χ1n) is 6.58. The Kier molecular flexibility index (Phi) is 3.47. The Bertz CT molecular complexity index is 782. The first-order valence-corrected chi connectivity index (χ1v) is 7.40. The van der Waals surface area contributed by atoms with Crippen LogP contribution < -0.4 is 11.1 Å². The molecule has 1 atom stereocenters. The van der Waals surface area contributed by atoms with Gasteiger partial charge in [-0.1, -0.05) is 12.1 Å². The van der Waals surface area contributed by atoms with Crippen LogP contribution in [-0.4, -0.2) is 9.97 Å². The predicted octanol–water partition coefficient (Wildman–Crippen LogP) is 3.89. The molecule has 21 heavy (non-hydrogen) atoms. The molecule has 3 aromatic rings. The van der Waals surface area contributed by atoms with Crippen LogP contribution in [0, 0.1) is 12.7 Å². The summed E-state index contributed by atoms with van der Waals surface area (Å²) in [5, 5.41) is 4.29. The van der Waals surface area contributed by atoms with Gasteiger partial charge in [0.15, 0.2) is 0 Å². The number of rotatable bonds is 3. The number of hydrogen-bond acceptors (Lipinski definition) is 5. The van der Waals surface area contributed by atoms with E-state index in [0.29, 0.717) is 5.82 Å². The van der Waals surface area contributed by atoms with Gasteiger partial charge < -0.3 is 11.1 Å². The Morgan fingerprint density at radius 3 is 2.67 bits per heavy atom. The van der Waals surface area contributed by atoms with Crippen LogP contribution >= 0.6 is 11.3 Å². The second kappa shape index (κ2) is 5.29. The molecule has 0 spiro atoms. The van der Waals surface area contributed by atoms with Crippen molar-refractivity contribution in [2.24, 2.45) is 0 Å². The summed E-state index contributed by atoms with van der Waals surface area (Å²) in [5.41, 5.74) is 6.74. The zero-order valence-corrected chi connectivity index (χ0v) is 12.5. The summed E-state index contributed by atoms with van der Waals surface area (Å²) >= 11 is 1.58. The van der Waals surface area contributed by atoms with Crippen molar-refractivity contribution in [3.63, 3.8) is 0 Å². The molecule has 1 unspecified atom stereocenters. The maximum absolute atomic E-state index is 13.0. The molecule has 0 saturated heterocycles. The molecule has 0 aliphatic heterocycles. The van der Waals surface area contributed by atoms with Gasteiger partial charge in [0.2, 0.25) is 5.95 Å². The number of nitrogen functional groups attached to an aromatic ring is 1. The summed E-state index contributed by atoms with van der Waals surface area (Å²) in [6.45, 7) is 4.02. The molecule has 1 aromatic carbocycles. The number of nitrogens with zero attached hydrogens (tertiary/aromatic N) is 2. The first-order chi connectivity index (χ1) is 10.0. The molecule has 0 aliphatic rings. The Balaban J connectivity index is 1.95. The van der Waals surface area contributed by atoms with E-state index in [1.54, 1.807) is 23.5 Å². The lowest BCUT2D eigenvalue weighted by molar-refractivity contribution is 0.626. The largest absolute Gasteiger partial charge is 0.368 e. The molecule has 3 rings (SSSR count). The quantitative estimate of drug-likeness (QED) is 0.770. The summed E-state index contributed by atoms with van der Waals surface area (Å²) in [6.07, 6.45) is 0. The smallest absolute Gasteiger partial charge is 0.223 e. The normalized spacial score (nSPS) is 12.5. The van der Waals surface area contributed by atoms with Crippen LogP contribution in [-0.2, 0) is 0 Å². The second-order valence-electron chi connectivity index (χ2n) is 4.92. The predicted molar refractivity (Wildman–Crippen MR) is 85.0 cm³/mol. The SMILES string of the molecule is Cc1cc2c(NC(C)c3ccc(F)cc3)nc(N)nc2s1. The van der Waals surface area contributed by atoms with Gasteiger partial charge >= 0.3 is 0 Å². The standard InChI is InChI=1S/C15H15FN4S/c1-8-7-12-13(19-15(17)20-14(12)21-8)18-9(2)10-3-5-11(16)6-4-10/h3-7,9H,1-2H3,(H3,17,18,19,20). The van der Waals surface area contributed by atoms with Crippen molar-refractivity contribution < 1.29 is 4.39 Å². The molecule has 0 radical (unpaired) electrons. The van der Waals surface area contributed by atoms with E-state index in [4.69, 9.17) is 5.73 Å². The van der Waals surface area contributed by atoms with Crippen molar-refractivity contribution in [3.8, 4) is 0 Å². The van der Waals surface area contributed by atoms with E-state index < -0.39 is 0 Å². The molecule has 4 nitrogen and oxygen atoms in total. The second-order valence-corrected chi connectivity index (χ2v) is 6.16. The van der Waals surface area contributed by atoms with Gasteiger partial charge in [-0.05, 0) is 37.6 Å². The maximum atomic E-state index is 13.0. The molecule has 108 valence electrons. The van der Waals surface area contributed by atoms with Gasteiger partial charge in [0.1, 0.15) is 16.5 Å². The molecule has 0 saturated carbocycles. The highest BCUT2D eigenvalue weighted by atomic mass is 32.1. The van der Waals surface area contributed by atoms with E-state index in [0.717, 1.165) is 20.7 Å². The number of aryl methyl sites for hydroxylation is 1. The van der Waals surface area contributed by atoms with Crippen LogP contribution in [0.15, 0.2) is 30.3 Å². The molecule has 2 aromatic heterocycles. The zero-order chi connectivity index (χ0) is 15.0. The van der Waals surface area contributed by atoms with Gasteiger partial charge in [-0.15, -0.1) is 11.3 Å². The Hall–Kier alpha value is -2.21. The number of hydrogen-bond donors (Lipinski definition) is 2. The van der Waals surface area contributed by atoms with Gasteiger partial charge in [0.05, 0.1) is 5.39 Å². The minimum Gasteiger partial charge on any atom is -0.368 e.